The first kappa shape index (κ1) is 20.7. The van der Waals surface area contributed by atoms with Crippen LogP contribution in [-0.2, 0) is 14.3 Å². The number of anilines is 1. The number of ether oxygens (including phenoxy) is 2. The summed E-state index contributed by atoms with van der Waals surface area (Å²) >= 11 is 0. The summed E-state index contributed by atoms with van der Waals surface area (Å²) in [4.78, 5) is 52.3. The maximum atomic E-state index is 12.9. The first-order valence-corrected chi connectivity index (χ1v) is 9.99. The largest absolute Gasteiger partial charge is 0.452 e. The molecule has 2 atom stereocenters. The molecule has 1 saturated heterocycles. The van der Waals surface area contributed by atoms with E-state index in [4.69, 9.17) is 15.2 Å². The lowest BCUT2D eigenvalue weighted by atomic mass is 9.82. The first-order valence-electron chi connectivity index (χ1n) is 9.99. The number of hydrogen-bond donors (Lipinski definition) is 1. The summed E-state index contributed by atoms with van der Waals surface area (Å²) in [5.41, 5.74) is 6.60. The minimum atomic E-state index is -0.831. The fourth-order valence-corrected chi connectivity index (χ4v) is 4.07. The van der Waals surface area contributed by atoms with Crippen molar-refractivity contribution in [3.05, 3.63) is 64.2 Å². The Bertz CT molecular complexity index is 1100. The Kier molecular flexibility index (Phi) is 5.32. The quantitative estimate of drug-likeness (QED) is 0.506. The van der Waals surface area contributed by atoms with E-state index in [9.17, 15) is 19.2 Å². The van der Waals surface area contributed by atoms with E-state index in [0.29, 0.717) is 18.7 Å². The summed E-state index contributed by atoms with van der Waals surface area (Å²) in [7, 11) is 0. The maximum Gasteiger partial charge on any atom is 0.340 e. The van der Waals surface area contributed by atoms with Gasteiger partial charge >= 0.3 is 5.97 Å². The number of nitrogen functional groups attached to an aromatic ring is 1. The van der Waals surface area contributed by atoms with E-state index in [0.717, 1.165) is 0 Å². The summed E-state index contributed by atoms with van der Waals surface area (Å²) in [5, 5.41) is 0. The average Bonchev–Trinajstić information content (AvgIpc) is 2.74. The van der Waals surface area contributed by atoms with Gasteiger partial charge in [0.25, 0.3) is 5.91 Å². The summed E-state index contributed by atoms with van der Waals surface area (Å²) in [6.07, 6.45) is -0.211. The number of morpholine rings is 1. The smallest absolute Gasteiger partial charge is 0.340 e. The molecule has 2 aromatic carbocycles. The molecule has 2 aliphatic rings. The molecule has 0 bridgehead atoms. The molecule has 0 aromatic heterocycles. The van der Waals surface area contributed by atoms with E-state index in [1.54, 1.807) is 29.2 Å². The number of benzene rings is 2. The molecule has 160 valence electrons. The Morgan fingerprint density at radius 2 is 1.61 bits per heavy atom. The third-order valence-corrected chi connectivity index (χ3v) is 5.45. The van der Waals surface area contributed by atoms with E-state index in [1.165, 1.54) is 12.1 Å². The minimum absolute atomic E-state index is 0.0136. The van der Waals surface area contributed by atoms with Crippen LogP contribution in [0.15, 0.2) is 36.4 Å². The van der Waals surface area contributed by atoms with E-state index in [2.05, 4.69) is 0 Å². The molecular formula is C23H22N2O6. The first-order chi connectivity index (χ1) is 14.8. The van der Waals surface area contributed by atoms with E-state index in [-0.39, 0.29) is 51.8 Å². The van der Waals surface area contributed by atoms with Crippen molar-refractivity contribution in [3.8, 4) is 0 Å². The van der Waals surface area contributed by atoms with Crippen LogP contribution in [0.4, 0.5) is 5.69 Å². The number of hydrogen-bond acceptors (Lipinski definition) is 7. The van der Waals surface area contributed by atoms with Gasteiger partial charge in [0.15, 0.2) is 18.2 Å². The molecule has 1 aliphatic heterocycles. The fraction of sp³-hybridized carbons (Fsp3) is 0.304. The molecule has 1 aliphatic carbocycles. The molecule has 1 fully saturated rings. The van der Waals surface area contributed by atoms with Crippen LogP contribution < -0.4 is 5.73 Å². The number of fused-ring (bicyclic) bond motifs is 2. The second kappa shape index (κ2) is 7.96. The van der Waals surface area contributed by atoms with Gasteiger partial charge in [-0.1, -0.05) is 24.3 Å². The van der Waals surface area contributed by atoms with Crippen molar-refractivity contribution in [3.63, 3.8) is 0 Å². The van der Waals surface area contributed by atoms with Crippen molar-refractivity contribution < 1.29 is 28.7 Å². The monoisotopic (exact) mass is 422 g/mol. The molecule has 0 saturated carbocycles. The second-order valence-electron chi connectivity index (χ2n) is 7.79. The van der Waals surface area contributed by atoms with Crippen LogP contribution in [0.3, 0.4) is 0 Å². The van der Waals surface area contributed by atoms with Crippen LogP contribution in [0.5, 0.6) is 0 Å². The number of rotatable bonds is 3. The van der Waals surface area contributed by atoms with E-state index < -0.39 is 18.4 Å². The lowest BCUT2D eigenvalue weighted by Gasteiger charge is -2.35. The number of nitrogens with two attached hydrogens (primary N) is 1. The van der Waals surface area contributed by atoms with Gasteiger partial charge in [0.05, 0.1) is 29.0 Å². The van der Waals surface area contributed by atoms with Crippen LogP contribution in [0.25, 0.3) is 0 Å². The van der Waals surface area contributed by atoms with Crippen LogP contribution in [-0.4, -0.2) is 60.2 Å². The third-order valence-electron chi connectivity index (χ3n) is 5.45. The van der Waals surface area contributed by atoms with Crippen LogP contribution in [0.1, 0.15) is 56.0 Å². The van der Waals surface area contributed by atoms with Crippen molar-refractivity contribution in [2.45, 2.75) is 26.1 Å². The minimum Gasteiger partial charge on any atom is -0.452 e. The number of amides is 1. The molecule has 1 amide bonds. The number of nitrogens with zero attached hydrogens (tertiary/aromatic N) is 1. The summed E-state index contributed by atoms with van der Waals surface area (Å²) in [5.74, 6) is -1.93. The summed E-state index contributed by atoms with van der Waals surface area (Å²) in [6.45, 7) is 4.11. The van der Waals surface area contributed by atoms with Crippen molar-refractivity contribution in [1.82, 2.24) is 4.90 Å². The average molecular weight is 422 g/mol. The zero-order valence-electron chi connectivity index (χ0n) is 17.2. The highest BCUT2D eigenvalue weighted by molar-refractivity contribution is 6.30. The second-order valence-corrected chi connectivity index (χ2v) is 7.79. The van der Waals surface area contributed by atoms with Crippen molar-refractivity contribution >= 4 is 29.1 Å². The molecular weight excluding hydrogens is 400 g/mol. The van der Waals surface area contributed by atoms with Crippen LogP contribution in [0.2, 0.25) is 0 Å². The Balaban J connectivity index is 1.53. The number of esters is 1. The Morgan fingerprint density at radius 1 is 1.00 bits per heavy atom. The fourth-order valence-electron chi connectivity index (χ4n) is 4.07. The van der Waals surface area contributed by atoms with Crippen molar-refractivity contribution in [2.75, 3.05) is 25.4 Å². The Labute approximate surface area is 178 Å². The molecule has 2 N–H and O–H groups in total. The Hall–Kier alpha value is -3.52. The predicted octanol–water partition coefficient (Wildman–Crippen LogP) is 1.84. The zero-order valence-corrected chi connectivity index (χ0v) is 17.2. The van der Waals surface area contributed by atoms with E-state index >= 15 is 0 Å². The topological polar surface area (TPSA) is 116 Å². The molecule has 8 heteroatoms. The lowest BCUT2D eigenvalue weighted by molar-refractivity contribution is -0.146. The molecule has 2 aromatic rings. The predicted molar refractivity (Wildman–Crippen MR) is 111 cm³/mol. The highest BCUT2D eigenvalue weighted by Crippen LogP contribution is 2.32. The summed E-state index contributed by atoms with van der Waals surface area (Å²) in [6, 6.07) is 9.20. The third kappa shape index (κ3) is 3.70. The van der Waals surface area contributed by atoms with Gasteiger partial charge < -0.3 is 20.1 Å². The molecule has 2 unspecified atom stereocenters. The SMILES string of the molecule is CC1CN(C(=O)COC(=O)c2ccc3c(c2N)C(=O)c2ccccc2C3=O)CC(C)O1. The zero-order chi connectivity index (χ0) is 22.3. The van der Waals surface area contributed by atoms with Crippen LogP contribution in [0, 0.1) is 0 Å². The summed E-state index contributed by atoms with van der Waals surface area (Å²) < 4.78 is 10.8. The van der Waals surface area contributed by atoms with Crippen LogP contribution >= 0.6 is 0 Å². The van der Waals surface area contributed by atoms with Gasteiger partial charge in [-0.05, 0) is 26.0 Å². The van der Waals surface area contributed by atoms with Gasteiger partial charge in [-0.3, -0.25) is 14.4 Å². The molecule has 0 radical (unpaired) electrons. The highest BCUT2D eigenvalue weighted by Gasteiger charge is 2.33. The van der Waals surface area contributed by atoms with Crippen molar-refractivity contribution in [2.24, 2.45) is 0 Å². The Morgan fingerprint density at radius 3 is 2.26 bits per heavy atom. The van der Waals surface area contributed by atoms with E-state index in [1.807, 2.05) is 13.8 Å². The van der Waals surface area contributed by atoms with Gasteiger partial charge in [0, 0.05) is 29.8 Å². The molecule has 31 heavy (non-hydrogen) atoms. The number of carbonyl (C=O) groups is 4. The molecule has 1 heterocycles. The lowest BCUT2D eigenvalue weighted by Crippen LogP contribution is -2.49. The van der Waals surface area contributed by atoms with Crippen molar-refractivity contribution in [1.29, 1.82) is 0 Å². The molecule has 0 spiro atoms. The number of ketones is 2. The molecule has 8 nitrogen and oxygen atoms in total. The van der Waals surface area contributed by atoms with Gasteiger partial charge in [0.2, 0.25) is 0 Å². The number of carbonyl (C=O) groups excluding carboxylic acids is 4. The highest BCUT2D eigenvalue weighted by atomic mass is 16.5. The standard InChI is InChI=1S/C23H22N2O6/c1-12-9-25(10-13(2)31-12)18(26)11-30-23(29)17-8-7-16-19(20(17)24)22(28)15-6-4-3-5-14(15)21(16)27/h3-8,12-13H,9-11,24H2,1-2H3. The maximum absolute atomic E-state index is 12.9. The van der Waals surface area contributed by atoms with Gasteiger partial charge in [0.1, 0.15) is 0 Å². The normalized spacial score (nSPS) is 20.1. The van der Waals surface area contributed by atoms with Gasteiger partial charge in [-0.2, -0.15) is 0 Å². The molecule has 4 rings (SSSR count). The van der Waals surface area contributed by atoms with Gasteiger partial charge in [-0.15, -0.1) is 0 Å². The van der Waals surface area contributed by atoms with Gasteiger partial charge in [-0.25, -0.2) is 4.79 Å².